The summed E-state index contributed by atoms with van der Waals surface area (Å²) < 4.78 is 0. The summed E-state index contributed by atoms with van der Waals surface area (Å²) in [6.07, 6.45) is 2.84. The largest absolute Gasteiger partial charge is 0.354 e. The van der Waals surface area contributed by atoms with Crippen LogP contribution in [0.15, 0.2) is 0 Å². The van der Waals surface area contributed by atoms with Gasteiger partial charge in [-0.3, -0.25) is 4.79 Å². The van der Waals surface area contributed by atoms with Crippen LogP contribution in [-0.2, 0) is 11.2 Å². The van der Waals surface area contributed by atoms with Gasteiger partial charge in [-0.2, -0.15) is 0 Å². The minimum Gasteiger partial charge on any atom is -0.354 e. The molecule has 1 aromatic heterocycles. The maximum absolute atomic E-state index is 11.9. The number of halogens is 1. The van der Waals surface area contributed by atoms with Crippen LogP contribution in [0.5, 0.6) is 0 Å². The van der Waals surface area contributed by atoms with E-state index in [2.05, 4.69) is 27.1 Å². The average Bonchev–Trinajstić information content (AvgIpc) is 2.46. The van der Waals surface area contributed by atoms with E-state index < -0.39 is 0 Å². The van der Waals surface area contributed by atoms with Gasteiger partial charge in [0.15, 0.2) is 0 Å². The summed E-state index contributed by atoms with van der Waals surface area (Å²) in [6.45, 7) is 9.46. The van der Waals surface area contributed by atoms with Gasteiger partial charge in [0.25, 0.3) is 0 Å². The fourth-order valence-electron chi connectivity index (χ4n) is 2.77. The zero-order valence-electron chi connectivity index (χ0n) is 13.8. The highest BCUT2D eigenvalue weighted by Crippen LogP contribution is 2.27. The van der Waals surface area contributed by atoms with Crippen molar-refractivity contribution in [2.75, 3.05) is 18.0 Å². The quantitative estimate of drug-likeness (QED) is 0.865. The number of nitrogens with one attached hydrogen (secondary N) is 1. The predicted octanol–water partition coefficient (Wildman–Crippen LogP) is 2.74. The number of hydrogen-bond donors (Lipinski definition) is 1. The Morgan fingerprint density at radius 3 is 2.82 bits per heavy atom. The van der Waals surface area contributed by atoms with Gasteiger partial charge in [-0.25, -0.2) is 9.97 Å². The van der Waals surface area contributed by atoms with Gasteiger partial charge in [-0.1, -0.05) is 32.4 Å². The molecule has 1 saturated heterocycles. The molecule has 1 atom stereocenters. The van der Waals surface area contributed by atoms with Gasteiger partial charge in [0, 0.05) is 30.6 Å². The molecule has 0 aromatic carbocycles. The Morgan fingerprint density at radius 1 is 1.45 bits per heavy atom. The van der Waals surface area contributed by atoms with Crippen LogP contribution in [-0.4, -0.2) is 35.0 Å². The molecule has 2 rings (SSSR count). The molecule has 1 aromatic rings. The van der Waals surface area contributed by atoms with Crippen LogP contribution in [0, 0.1) is 12.8 Å². The predicted molar refractivity (Wildman–Crippen MR) is 89.4 cm³/mol. The van der Waals surface area contributed by atoms with Crippen LogP contribution < -0.4 is 10.2 Å². The minimum absolute atomic E-state index is 0.0114. The third-order valence-corrected chi connectivity index (χ3v) is 4.30. The Morgan fingerprint density at radius 2 is 2.18 bits per heavy atom. The Kier molecular flexibility index (Phi) is 5.62. The third kappa shape index (κ3) is 3.88. The van der Waals surface area contributed by atoms with Crippen LogP contribution >= 0.6 is 11.6 Å². The highest BCUT2D eigenvalue weighted by atomic mass is 35.5. The number of carbonyl (C=O) groups is 1. The fourth-order valence-corrected chi connectivity index (χ4v) is 3.11. The first kappa shape index (κ1) is 17.0. The van der Waals surface area contributed by atoms with E-state index in [1.807, 2.05) is 20.8 Å². The lowest BCUT2D eigenvalue weighted by molar-refractivity contribution is -0.124. The van der Waals surface area contributed by atoms with E-state index in [-0.39, 0.29) is 17.9 Å². The Hall–Kier alpha value is -1.36. The van der Waals surface area contributed by atoms with Crippen molar-refractivity contribution >= 4 is 23.3 Å². The van der Waals surface area contributed by atoms with E-state index in [9.17, 15) is 4.79 Å². The van der Waals surface area contributed by atoms with Crippen LogP contribution in [0.2, 0.25) is 5.15 Å². The summed E-state index contributed by atoms with van der Waals surface area (Å²) in [6, 6.07) is 0.169. The van der Waals surface area contributed by atoms with Crippen LogP contribution in [0.4, 0.5) is 5.82 Å². The van der Waals surface area contributed by atoms with Crippen molar-refractivity contribution in [3.05, 3.63) is 16.5 Å². The zero-order valence-corrected chi connectivity index (χ0v) is 14.6. The van der Waals surface area contributed by atoms with Crippen LogP contribution in [0.25, 0.3) is 0 Å². The minimum atomic E-state index is 0.0114. The van der Waals surface area contributed by atoms with E-state index in [0.29, 0.717) is 11.0 Å². The van der Waals surface area contributed by atoms with E-state index in [1.54, 1.807) is 0 Å². The molecule has 1 aliphatic heterocycles. The number of carbonyl (C=O) groups excluding carboxylic acids is 1. The Bertz CT molecular complexity index is 547. The summed E-state index contributed by atoms with van der Waals surface area (Å²) in [5.41, 5.74) is 0.989. The summed E-state index contributed by atoms with van der Waals surface area (Å²) >= 11 is 6.27. The van der Waals surface area contributed by atoms with Gasteiger partial charge in [-0.15, -0.1) is 0 Å². The molecule has 1 fully saturated rings. The second-order valence-electron chi connectivity index (χ2n) is 6.17. The first-order valence-electron chi connectivity index (χ1n) is 8.00. The molecule has 0 bridgehead atoms. The second kappa shape index (κ2) is 7.27. The van der Waals surface area contributed by atoms with Gasteiger partial charge in [-0.05, 0) is 26.2 Å². The normalized spacial score (nSPS) is 18.6. The van der Waals surface area contributed by atoms with Crippen molar-refractivity contribution in [1.82, 2.24) is 15.3 Å². The summed E-state index contributed by atoms with van der Waals surface area (Å²) in [5, 5.41) is 3.67. The van der Waals surface area contributed by atoms with E-state index in [0.717, 1.165) is 43.7 Å². The molecule has 1 N–H and O–H groups in total. The van der Waals surface area contributed by atoms with Crippen molar-refractivity contribution in [2.24, 2.45) is 5.92 Å². The lowest BCUT2D eigenvalue weighted by Gasteiger charge is -2.35. The lowest BCUT2D eigenvalue weighted by Crippen LogP contribution is -2.49. The molecule has 1 aliphatic rings. The zero-order chi connectivity index (χ0) is 16.3. The number of piperidine rings is 1. The lowest BCUT2D eigenvalue weighted by atomic mass is 10.0. The number of aryl methyl sites for hydroxylation is 1. The number of hydrogen-bond acceptors (Lipinski definition) is 4. The number of amides is 1. The molecule has 2 heterocycles. The van der Waals surface area contributed by atoms with Crippen molar-refractivity contribution < 1.29 is 4.79 Å². The van der Waals surface area contributed by atoms with Crippen LogP contribution in [0.1, 0.15) is 45.0 Å². The molecule has 5 nitrogen and oxygen atoms in total. The fraction of sp³-hybridized carbons (Fsp3) is 0.688. The van der Waals surface area contributed by atoms with Gasteiger partial charge in [0.05, 0.1) is 0 Å². The first-order chi connectivity index (χ1) is 10.4. The topological polar surface area (TPSA) is 58.1 Å². The number of anilines is 1. The molecule has 0 saturated carbocycles. The van der Waals surface area contributed by atoms with Gasteiger partial charge < -0.3 is 10.2 Å². The Balaban J connectivity index is 2.17. The standard InChI is InChI=1S/C16H25ClN4O/c1-5-13-14(17)18-11(4)19-15(13)21-8-6-7-12(9-21)20-16(22)10(2)3/h10,12H,5-9H2,1-4H3,(H,20,22). The highest BCUT2D eigenvalue weighted by Gasteiger charge is 2.25. The summed E-state index contributed by atoms with van der Waals surface area (Å²) in [5.74, 6) is 1.73. The van der Waals surface area contributed by atoms with Crippen molar-refractivity contribution in [3.8, 4) is 0 Å². The first-order valence-corrected chi connectivity index (χ1v) is 8.38. The number of rotatable bonds is 4. The maximum atomic E-state index is 11.9. The van der Waals surface area contributed by atoms with Crippen LogP contribution in [0.3, 0.4) is 0 Å². The van der Waals surface area contributed by atoms with Gasteiger partial charge in [0.1, 0.15) is 16.8 Å². The van der Waals surface area contributed by atoms with Gasteiger partial charge >= 0.3 is 0 Å². The molecule has 1 unspecified atom stereocenters. The van der Waals surface area contributed by atoms with Crippen molar-refractivity contribution in [2.45, 2.75) is 53.0 Å². The molecular formula is C16H25ClN4O. The molecule has 122 valence electrons. The molecule has 1 amide bonds. The van der Waals surface area contributed by atoms with E-state index in [1.165, 1.54) is 0 Å². The molecule has 0 radical (unpaired) electrons. The third-order valence-electron chi connectivity index (χ3n) is 3.99. The highest BCUT2D eigenvalue weighted by molar-refractivity contribution is 6.30. The second-order valence-corrected chi connectivity index (χ2v) is 6.52. The number of aromatic nitrogens is 2. The monoisotopic (exact) mass is 324 g/mol. The molecular weight excluding hydrogens is 300 g/mol. The van der Waals surface area contributed by atoms with Crippen molar-refractivity contribution in [1.29, 1.82) is 0 Å². The van der Waals surface area contributed by atoms with Gasteiger partial charge in [0.2, 0.25) is 5.91 Å². The van der Waals surface area contributed by atoms with E-state index in [4.69, 9.17) is 11.6 Å². The maximum Gasteiger partial charge on any atom is 0.222 e. The molecule has 22 heavy (non-hydrogen) atoms. The van der Waals surface area contributed by atoms with E-state index >= 15 is 0 Å². The average molecular weight is 325 g/mol. The molecule has 0 spiro atoms. The molecule has 0 aliphatic carbocycles. The summed E-state index contributed by atoms with van der Waals surface area (Å²) in [4.78, 5) is 23.0. The SMILES string of the molecule is CCc1c(Cl)nc(C)nc1N1CCCC(NC(=O)C(C)C)C1. The smallest absolute Gasteiger partial charge is 0.222 e. The molecule has 6 heteroatoms. The number of nitrogens with zero attached hydrogens (tertiary/aromatic N) is 3. The Labute approximate surface area is 137 Å². The summed E-state index contributed by atoms with van der Waals surface area (Å²) in [7, 11) is 0. The van der Waals surface area contributed by atoms with Crippen molar-refractivity contribution in [3.63, 3.8) is 0 Å².